The van der Waals surface area contributed by atoms with E-state index >= 15 is 0 Å². The van der Waals surface area contributed by atoms with Gasteiger partial charge < -0.3 is 5.32 Å². The van der Waals surface area contributed by atoms with E-state index in [2.05, 4.69) is 12.2 Å². The van der Waals surface area contributed by atoms with Crippen LogP contribution in [-0.2, 0) is 9.59 Å². The minimum atomic E-state index is 0.0548. The minimum Gasteiger partial charge on any atom is -0.359 e. The lowest BCUT2D eigenvalue weighted by Crippen LogP contribution is -2.25. The zero-order valence-corrected chi connectivity index (χ0v) is 11.0. The third kappa shape index (κ3) is 5.89. The van der Waals surface area contributed by atoms with Crippen LogP contribution in [0.2, 0.25) is 0 Å². The van der Waals surface area contributed by atoms with E-state index in [1.807, 2.05) is 6.92 Å². The van der Waals surface area contributed by atoms with Crippen molar-refractivity contribution in [3.05, 3.63) is 0 Å². The van der Waals surface area contributed by atoms with Crippen LogP contribution in [0.15, 0.2) is 0 Å². The van der Waals surface area contributed by atoms with E-state index in [0.29, 0.717) is 0 Å². The maximum Gasteiger partial charge on any atom is 0.222 e. The fourth-order valence-corrected chi connectivity index (χ4v) is 1.95. The molecule has 1 N–H and O–H groups in total. The smallest absolute Gasteiger partial charge is 0.222 e. The zero-order chi connectivity index (χ0) is 12.6. The Labute approximate surface area is 99.0 Å². The largest absolute Gasteiger partial charge is 0.359 e. The predicted octanol–water partition coefficient (Wildman–Crippen LogP) is 2.54. The standard InChI is InChI=1S/C13H25NO2/c1-5-7-12(11(3)15)9-6-8-10(2)13(16)14-4/h10,12H,5-9H2,1-4H3,(H,14,16). The molecule has 1 amide bonds. The van der Waals surface area contributed by atoms with E-state index in [4.69, 9.17) is 0 Å². The number of nitrogens with one attached hydrogen (secondary N) is 1. The molecule has 3 heteroatoms. The van der Waals surface area contributed by atoms with Gasteiger partial charge in [-0.25, -0.2) is 0 Å². The molecular formula is C13H25NO2. The summed E-state index contributed by atoms with van der Waals surface area (Å²) in [5.74, 6) is 0.630. The Morgan fingerprint density at radius 3 is 2.25 bits per heavy atom. The molecule has 0 aliphatic carbocycles. The Bertz CT molecular complexity index is 226. The Morgan fingerprint density at radius 2 is 1.81 bits per heavy atom. The molecule has 0 radical (unpaired) electrons. The highest BCUT2D eigenvalue weighted by molar-refractivity contribution is 5.78. The molecule has 0 aliphatic rings. The van der Waals surface area contributed by atoms with Crippen LogP contribution in [0.3, 0.4) is 0 Å². The van der Waals surface area contributed by atoms with Gasteiger partial charge in [0.2, 0.25) is 5.91 Å². The first kappa shape index (κ1) is 15.1. The summed E-state index contributed by atoms with van der Waals surface area (Å²) in [4.78, 5) is 22.6. The van der Waals surface area contributed by atoms with Gasteiger partial charge in [-0.1, -0.05) is 26.7 Å². The molecule has 0 heterocycles. The lowest BCUT2D eigenvalue weighted by molar-refractivity contribution is -0.124. The van der Waals surface area contributed by atoms with E-state index in [1.165, 1.54) is 0 Å². The van der Waals surface area contributed by atoms with Gasteiger partial charge in [0.1, 0.15) is 5.78 Å². The minimum absolute atomic E-state index is 0.0548. The summed E-state index contributed by atoms with van der Waals surface area (Å²) in [5.41, 5.74) is 0. The van der Waals surface area contributed by atoms with Crippen LogP contribution in [0.5, 0.6) is 0 Å². The number of hydrogen-bond donors (Lipinski definition) is 1. The van der Waals surface area contributed by atoms with E-state index in [0.717, 1.165) is 32.1 Å². The first-order chi connectivity index (χ1) is 7.52. The highest BCUT2D eigenvalue weighted by Crippen LogP contribution is 2.18. The maximum absolute atomic E-state index is 11.3. The molecule has 0 rings (SSSR count). The van der Waals surface area contributed by atoms with Crippen LogP contribution < -0.4 is 5.32 Å². The number of rotatable bonds is 8. The first-order valence-electron chi connectivity index (χ1n) is 6.24. The molecule has 2 unspecified atom stereocenters. The Morgan fingerprint density at radius 1 is 1.19 bits per heavy atom. The fourth-order valence-electron chi connectivity index (χ4n) is 1.95. The van der Waals surface area contributed by atoms with Gasteiger partial charge in [0, 0.05) is 18.9 Å². The van der Waals surface area contributed by atoms with Crippen molar-refractivity contribution < 1.29 is 9.59 Å². The van der Waals surface area contributed by atoms with Crippen molar-refractivity contribution in [2.24, 2.45) is 11.8 Å². The van der Waals surface area contributed by atoms with Gasteiger partial charge in [0.05, 0.1) is 0 Å². The molecule has 94 valence electrons. The van der Waals surface area contributed by atoms with E-state index in [9.17, 15) is 9.59 Å². The SMILES string of the molecule is CCCC(CCCC(C)C(=O)NC)C(C)=O. The van der Waals surface area contributed by atoms with Gasteiger partial charge in [0.25, 0.3) is 0 Å². The maximum atomic E-state index is 11.3. The van der Waals surface area contributed by atoms with Crippen LogP contribution in [0.4, 0.5) is 0 Å². The van der Waals surface area contributed by atoms with Crippen molar-refractivity contribution in [2.45, 2.75) is 52.9 Å². The summed E-state index contributed by atoms with van der Waals surface area (Å²) in [5, 5.41) is 2.64. The van der Waals surface area contributed by atoms with Crippen molar-refractivity contribution in [3.63, 3.8) is 0 Å². The fraction of sp³-hybridized carbons (Fsp3) is 0.846. The number of amides is 1. The lowest BCUT2D eigenvalue weighted by atomic mass is 9.91. The number of Topliss-reactive ketones (excluding diaryl/α,β-unsaturated/α-hetero) is 1. The molecule has 0 aliphatic heterocycles. The van der Waals surface area contributed by atoms with Gasteiger partial charge in [-0.05, 0) is 26.2 Å². The van der Waals surface area contributed by atoms with Gasteiger partial charge in [-0.2, -0.15) is 0 Å². The molecule has 0 aromatic rings. The van der Waals surface area contributed by atoms with Gasteiger partial charge in [-0.3, -0.25) is 9.59 Å². The van der Waals surface area contributed by atoms with Crippen LogP contribution in [-0.4, -0.2) is 18.7 Å². The molecule has 0 saturated carbocycles. The predicted molar refractivity (Wildman–Crippen MR) is 66.2 cm³/mol. The van der Waals surface area contributed by atoms with Gasteiger partial charge in [-0.15, -0.1) is 0 Å². The molecule has 0 bridgehead atoms. The van der Waals surface area contributed by atoms with Crippen LogP contribution >= 0.6 is 0 Å². The molecule has 3 nitrogen and oxygen atoms in total. The molecule has 0 aromatic heterocycles. The summed E-state index contributed by atoms with van der Waals surface area (Å²) in [6.07, 6.45) is 4.77. The average molecular weight is 227 g/mol. The number of carbonyl (C=O) groups excluding carboxylic acids is 2. The monoisotopic (exact) mass is 227 g/mol. The summed E-state index contributed by atoms with van der Waals surface area (Å²) in [6.45, 7) is 5.70. The molecule has 2 atom stereocenters. The quantitative estimate of drug-likeness (QED) is 0.692. The van der Waals surface area contributed by atoms with Gasteiger partial charge >= 0.3 is 0 Å². The molecular weight excluding hydrogens is 202 g/mol. The summed E-state index contributed by atoms with van der Waals surface area (Å²) in [6, 6.07) is 0. The second-order valence-electron chi connectivity index (χ2n) is 4.54. The second-order valence-corrected chi connectivity index (χ2v) is 4.54. The summed E-state index contributed by atoms with van der Waals surface area (Å²) >= 11 is 0. The van der Waals surface area contributed by atoms with Crippen LogP contribution in [0.1, 0.15) is 52.9 Å². The van der Waals surface area contributed by atoms with Gasteiger partial charge in [0.15, 0.2) is 0 Å². The lowest BCUT2D eigenvalue weighted by Gasteiger charge is -2.14. The number of ketones is 1. The number of carbonyl (C=O) groups is 2. The van der Waals surface area contributed by atoms with E-state index in [-0.39, 0.29) is 23.5 Å². The highest BCUT2D eigenvalue weighted by Gasteiger charge is 2.15. The Hall–Kier alpha value is -0.860. The first-order valence-corrected chi connectivity index (χ1v) is 6.24. The van der Waals surface area contributed by atoms with Crippen molar-refractivity contribution in [3.8, 4) is 0 Å². The summed E-state index contributed by atoms with van der Waals surface area (Å²) in [7, 11) is 1.66. The second kappa shape index (κ2) is 8.31. The normalized spacial score (nSPS) is 14.2. The molecule has 16 heavy (non-hydrogen) atoms. The summed E-state index contributed by atoms with van der Waals surface area (Å²) < 4.78 is 0. The van der Waals surface area contributed by atoms with Crippen LogP contribution in [0, 0.1) is 11.8 Å². The topological polar surface area (TPSA) is 46.2 Å². The average Bonchev–Trinajstić information content (AvgIpc) is 2.26. The molecule has 0 aromatic carbocycles. The van der Waals surface area contributed by atoms with Crippen LogP contribution in [0.25, 0.3) is 0 Å². The van der Waals surface area contributed by atoms with Crippen molar-refractivity contribution in [1.29, 1.82) is 0 Å². The molecule has 0 saturated heterocycles. The van der Waals surface area contributed by atoms with Crippen molar-refractivity contribution in [1.82, 2.24) is 5.32 Å². The van der Waals surface area contributed by atoms with E-state index < -0.39 is 0 Å². The number of hydrogen-bond acceptors (Lipinski definition) is 2. The molecule has 0 fully saturated rings. The van der Waals surface area contributed by atoms with Crippen molar-refractivity contribution >= 4 is 11.7 Å². The molecule has 0 spiro atoms. The highest BCUT2D eigenvalue weighted by atomic mass is 16.1. The van der Waals surface area contributed by atoms with Crippen molar-refractivity contribution in [2.75, 3.05) is 7.05 Å². The Balaban J connectivity index is 3.85. The zero-order valence-electron chi connectivity index (χ0n) is 11.0. The third-order valence-corrected chi connectivity index (χ3v) is 3.10. The third-order valence-electron chi connectivity index (χ3n) is 3.10. The Kier molecular flexibility index (Phi) is 7.86. The van der Waals surface area contributed by atoms with E-state index in [1.54, 1.807) is 14.0 Å².